The maximum Gasteiger partial charge on any atom is 0.261 e. The maximum atomic E-state index is 13.2. The smallest absolute Gasteiger partial charge is 0.261 e. The molecule has 1 atom stereocenters. The number of anilines is 1. The van der Waals surface area contributed by atoms with E-state index >= 15 is 0 Å². The molecule has 156 valence electrons. The van der Waals surface area contributed by atoms with Crippen LogP contribution in [0.25, 0.3) is 0 Å². The van der Waals surface area contributed by atoms with Gasteiger partial charge in [0.15, 0.2) is 0 Å². The van der Waals surface area contributed by atoms with E-state index in [0.29, 0.717) is 0 Å². The Morgan fingerprint density at radius 1 is 1.23 bits per heavy atom. The average Bonchev–Trinajstić information content (AvgIpc) is 2.70. The van der Waals surface area contributed by atoms with Gasteiger partial charge in [-0.2, -0.15) is 0 Å². The van der Waals surface area contributed by atoms with Crippen LogP contribution >= 0.6 is 11.6 Å². The molecule has 1 aromatic heterocycles. The molecule has 11 heteroatoms. The van der Waals surface area contributed by atoms with E-state index in [4.69, 9.17) is 21.1 Å². The Balaban J connectivity index is 1.95. The van der Waals surface area contributed by atoms with Gasteiger partial charge < -0.3 is 10.1 Å². The number of nitrogens with one attached hydrogen (secondary N) is 2. The van der Waals surface area contributed by atoms with Crippen LogP contribution in [0.4, 0.5) is 14.5 Å². The molecule has 0 fully saturated rings. The van der Waals surface area contributed by atoms with Crippen molar-refractivity contribution in [1.29, 1.82) is 4.78 Å². The van der Waals surface area contributed by atoms with Crippen LogP contribution < -0.4 is 10.1 Å². The van der Waals surface area contributed by atoms with Crippen molar-refractivity contribution in [3.8, 4) is 11.6 Å². The molecule has 0 aliphatic rings. The van der Waals surface area contributed by atoms with E-state index in [9.17, 15) is 17.8 Å². The van der Waals surface area contributed by atoms with Crippen LogP contribution in [0.3, 0.4) is 0 Å². The molecule has 0 spiro atoms. The first-order chi connectivity index (χ1) is 14.2. The summed E-state index contributed by atoms with van der Waals surface area (Å²) in [5.41, 5.74) is 0.0180. The van der Waals surface area contributed by atoms with E-state index < -0.39 is 28.1 Å². The molecule has 2 N–H and O–H groups in total. The van der Waals surface area contributed by atoms with Gasteiger partial charge in [-0.15, -0.1) is 10.2 Å². The molecule has 0 aliphatic carbocycles. The number of benzene rings is 2. The number of ether oxygens (including phenoxy) is 1. The molecule has 3 aromatic rings. The minimum Gasteiger partial charge on any atom is -0.435 e. The third-order valence-electron chi connectivity index (χ3n) is 3.83. The Kier molecular flexibility index (Phi) is 6.28. The summed E-state index contributed by atoms with van der Waals surface area (Å²) < 4.78 is 51.4. The minimum absolute atomic E-state index is 0.0244. The molecule has 3 rings (SSSR count). The Morgan fingerprint density at radius 3 is 2.67 bits per heavy atom. The second-order valence-corrected chi connectivity index (χ2v) is 8.76. The third kappa shape index (κ3) is 5.08. The van der Waals surface area contributed by atoms with Crippen molar-refractivity contribution in [2.24, 2.45) is 0 Å². The fraction of sp³-hybridized carbons (Fsp3) is 0.105. The highest BCUT2D eigenvalue weighted by molar-refractivity contribution is 7.91. The van der Waals surface area contributed by atoms with Gasteiger partial charge in [-0.05, 0) is 42.5 Å². The van der Waals surface area contributed by atoms with E-state index in [1.807, 2.05) is 0 Å². The highest BCUT2D eigenvalue weighted by Gasteiger charge is 2.19. The first kappa shape index (κ1) is 21.6. The van der Waals surface area contributed by atoms with Gasteiger partial charge in [0.2, 0.25) is 0 Å². The van der Waals surface area contributed by atoms with Crippen LogP contribution in [0.2, 0.25) is 5.02 Å². The van der Waals surface area contributed by atoms with E-state index in [1.54, 1.807) is 0 Å². The molecule has 0 radical (unpaired) electrons. The maximum absolute atomic E-state index is 13.2. The summed E-state index contributed by atoms with van der Waals surface area (Å²) in [6, 6.07) is 10.5. The van der Waals surface area contributed by atoms with E-state index in [0.717, 1.165) is 18.2 Å². The molecular weight excluding hydrogens is 438 g/mol. The van der Waals surface area contributed by atoms with Gasteiger partial charge in [0.1, 0.15) is 23.8 Å². The predicted octanol–water partition coefficient (Wildman–Crippen LogP) is 4.82. The number of carbonyl (C=O) groups excluding carboxylic acids is 1. The number of alkyl halides is 1. The SMILES string of the molecule is CS(=N)(=O)c1cccc(NC(=O)c2cc(CF)nnc2Oc2ccc(F)cc2Cl)c1. The van der Waals surface area contributed by atoms with Gasteiger partial charge in [-0.1, -0.05) is 17.7 Å². The fourth-order valence-corrected chi connectivity index (χ4v) is 3.30. The zero-order valence-electron chi connectivity index (χ0n) is 15.5. The van der Waals surface area contributed by atoms with Crippen molar-refractivity contribution in [3.05, 3.63) is 70.6 Å². The van der Waals surface area contributed by atoms with Gasteiger partial charge in [0, 0.05) is 16.8 Å². The lowest BCUT2D eigenvalue weighted by molar-refractivity contribution is 0.102. The summed E-state index contributed by atoms with van der Waals surface area (Å²) in [5, 5.41) is 9.86. The summed E-state index contributed by atoms with van der Waals surface area (Å²) in [6.45, 7) is -0.961. The topological polar surface area (TPSA) is 105 Å². The number of rotatable bonds is 6. The number of halogens is 3. The summed E-state index contributed by atoms with van der Waals surface area (Å²) >= 11 is 5.94. The van der Waals surface area contributed by atoms with E-state index in [-0.39, 0.29) is 38.5 Å². The Bertz CT molecular complexity index is 1220. The van der Waals surface area contributed by atoms with Gasteiger partial charge in [-0.25, -0.2) is 17.8 Å². The Hall–Kier alpha value is -3.11. The quantitative estimate of drug-likeness (QED) is 0.558. The van der Waals surface area contributed by atoms with Crippen molar-refractivity contribution in [1.82, 2.24) is 10.2 Å². The lowest BCUT2D eigenvalue weighted by Gasteiger charge is -2.12. The largest absolute Gasteiger partial charge is 0.435 e. The van der Waals surface area contributed by atoms with Crippen molar-refractivity contribution >= 4 is 32.9 Å². The fourth-order valence-electron chi connectivity index (χ4n) is 2.40. The molecule has 0 aliphatic heterocycles. The first-order valence-corrected chi connectivity index (χ1v) is 10.7. The van der Waals surface area contributed by atoms with Crippen molar-refractivity contribution < 1.29 is 22.5 Å². The first-order valence-electron chi connectivity index (χ1n) is 8.38. The lowest BCUT2D eigenvalue weighted by atomic mass is 10.2. The van der Waals surface area contributed by atoms with E-state index in [2.05, 4.69) is 15.5 Å². The van der Waals surface area contributed by atoms with Crippen LogP contribution in [0.1, 0.15) is 16.1 Å². The highest BCUT2D eigenvalue weighted by atomic mass is 35.5. The number of carbonyl (C=O) groups is 1. The predicted molar refractivity (Wildman–Crippen MR) is 108 cm³/mol. The molecule has 7 nitrogen and oxygen atoms in total. The molecule has 2 aromatic carbocycles. The molecule has 1 unspecified atom stereocenters. The number of hydrogen-bond acceptors (Lipinski definition) is 6. The van der Waals surface area contributed by atoms with Crippen LogP contribution in [-0.2, 0) is 16.4 Å². The summed E-state index contributed by atoms with van der Waals surface area (Å²) in [4.78, 5) is 13.0. The number of aromatic nitrogens is 2. The monoisotopic (exact) mass is 452 g/mol. The summed E-state index contributed by atoms with van der Waals surface area (Å²) in [6.07, 6.45) is 1.26. The van der Waals surface area contributed by atoms with Crippen LogP contribution in [-0.4, -0.2) is 26.6 Å². The van der Waals surface area contributed by atoms with Crippen molar-refractivity contribution in [3.63, 3.8) is 0 Å². The van der Waals surface area contributed by atoms with Crippen LogP contribution in [0, 0.1) is 10.6 Å². The second kappa shape index (κ2) is 8.72. The van der Waals surface area contributed by atoms with Gasteiger partial charge in [0.25, 0.3) is 11.8 Å². The van der Waals surface area contributed by atoms with Crippen LogP contribution in [0.15, 0.2) is 53.4 Å². The van der Waals surface area contributed by atoms with E-state index in [1.165, 1.54) is 36.6 Å². The average molecular weight is 453 g/mol. The standard InChI is InChI=1S/C19H15ClF2N4O3S/c1-30(23,28)14-4-2-3-12(8-14)24-18(27)15-9-13(10-21)25-26-19(15)29-17-6-5-11(22)7-16(17)20/h2-9,23H,10H2,1H3,(H,24,27). The minimum atomic E-state index is -2.99. The molecule has 30 heavy (non-hydrogen) atoms. The van der Waals surface area contributed by atoms with Gasteiger partial charge >= 0.3 is 0 Å². The summed E-state index contributed by atoms with van der Waals surface area (Å²) in [7, 11) is -2.99. The highest BCUT2D eigenvalue weighted by Crippen LogP contribution is 2.31. The number of amides is 1. The Morgan fingerprint density at radius 2 is 2.00 bits per heavy atom. The normalized spacial score (nSPS) is 12.8. The van der Waals surface area contributed by atoms with Crippen LogP contribution in [0.5, 0.6) is 11.6 Å². The summed E-state index contributed by atoms with van der Waals surface area (Å²) in [5.74, 6) is -1.53. The molecule has 1 heterocycles. The number of nitrogens with zero attached hydrogens (tertiary/aromatic N) is 2. The van der Waals surface area contributed by atoms with Gasteiger partial charge in [-0.3, -0.25) is 4.79 Å². The molecule has 0 saturated heterocycles. The van der Waals surface area contributed by atoms with Crippen molar-refractivity contribution in [2.45, 2.75) is 11.6 Å². The molecule has 0 bridgehead atoms. The van der Waals surface area contributed by atoms with Crippen molar-refractivity contribution in [2.75, 3.05) is 11.6 Å². The number of hydrogen-bond donors (Lipinski definition) is 2. The molecular formula is C19H15ClF2N4O3S. The second-order valence-electron chi connectivity index (χ2n) is 6.19. The van der Waals surface area contributed by atoms with Gasteiger partial charge in [0.05, 0.1) is 20.4 Å². The zero-order valence-corrected chi connectivity index (χ0v) is 17.1. The zero-order chi connectivity index (χ0) is 21.9. The molecule has 1 amide bonds. The Labute approximate surface area is 176 Å². The third-order valence-corrected chi connectivity index (χ3v) is 5.28. The lowest BCUT2D eigenvalue weighted by Crippen LogP contribution is -2.15. The molecule has 0 saturated carbocycles.